The molecule has 2 aliphatic rings. The first-order valence-corrected chi connectivity index (χ1v) is 6.62. The SMILES string of the molecule is O=CCC1(C(=O)O)CCCC1N1CCCCC1. The zero-order valence-corrected chi connectivity index (χ0v) is 10.2. The van der Waals surface area contributed by atoms with Gasteiger partial charge in [0.25, 0.3) is 0 Å². The zero-order valence-electron chi connectivity index (χ0n) is 10.2. The first-order chi connectivity index (χ1) is 8.20. The molecule has 2 rings (SSSR count). The molecule has 2 unspecified atom stereocenters. The van der Waals surface area contributed by atoms with E-state index < -0.39 is 11.4 Å². The summed E-state index contributed by atoms with van der Waals surface area (Å²) in [6.07, 6.45) is 7.04. The maximum absolute atomic E-state index is 11.6. The van der Waals surface area contributed by atoms with Crippen LogP contribution in [0.3, 0.4) is 0 Å². The molecule has 0 radical (unpaired) electrons. The quantitative estimate of drug-likeness (QED) is 0.758. The number of likely N-dealkylation sites (tertiary alicyclic amines) is 1. The minimum absolute atomic E-state index is 0.0745. The molecule has 0 aromatic heterocycles. The molecule has 1 aliphatic heterocycles. The van der Waals surface area contributed by atoms with Crippen LogP contribution in [0.1, 0.15) is 44.9 Å². The number of aldehydes is 1. The van der Waals surface area contributed by atoms with Crippen LogP contribution in [0.25, 0.3) is 0 Å². The average Bonchev–Trinajstić information content (AvgIpc) is 2.76. The van der Waals surface area contributed by atoms with Crippen molar-refractivity contribution >= 4 is 12.3 Å². The summed E-state index contributed by atoms with van der Waals surface area (Å²) >= 11 is 0. The van der Waals surface area contributed by atoms with Crippen molar-refractivity contribution in [1.82, 2.24) is 4.90 Å². The summed E-state index contributed by atoms with van der Waals surface area (Å²) in [7, 11) is 0. The number of hydrogen-bond acceptors (Lipinski definition) is 3. The molecule has 96 valence electrons. The second-order valence-corrected chi connectivity index (χ2v) is 5.34. The van der Waals surface area contributed by atoms with E-state index in [0.717, 1.165) is 45.1 Å². The van der Waals surface area contributed by atoms with Gasteiger partial charge in [-0.2, -0.15) is 0 Å². The molecule has 1 heterocycles. The maximum atomic E-state index is 11.6. The van der Waals surface area contributed by atoms with Crippen LogP contribution in [0.2, 0.25) is 0 Å². The molecule has 4 nitrogen and oxygen atoms in total. The fourth-order valence-corrected chi connectivity index (χ4v) is 3.54. The van der Waals surface area contributed by atoms with Crippen molar-refractivity contribution < 1.29 is 14.7 Å². The Labute approximate surface area is 102 Å². The van der Waals surface area contributed by atoms with Gasteiger partial charge in [0.2, 0.25) is 0 Å². The lowest BCUT2D eigenvalue weighted by molar-refractivity contribution is -0.154. The molecule has 0 amide bonds. The lowest BCUT2D eigenvalue weighted by Gasteiger charge is -2.40. The predicted molar refractivity (Wildman–Crippen MR) is 63.8 cm³/mol. The largest absolute Gasteiger partial charge is 0.481 e. The summed E-state index contributed by atoms with van der Waals surface area (Å²) in [5.74, 6) is -0.780. The van der Waals surface area contributed by atoms with Crippen molar-refractivity contribution in [3.8, 4) is 0 Å². The van der Waals surface area contributed by atoms with Gasteiger partial charge in [0.15, 0.2) is 0 Å². The number of aliphatic carboxylic acids is 1. The Hall–Kier alpha value is -0.900. The third-order valence-corrected chi connectivity index (χ3v) is 4.44. The predicted octanol–water partition coefficient (Wildman–Crippen LogP) is 1.68. The summed E-state index contributed by atoms with van der Waals surface area (Å²) < 4.78 is 0. The van der Waals surface area contributed by atoms with E-state index in [-0.39, 0.29) is 12.5 Å². The van der Waals surface area contributed by atoms with E-state index in [1.54, 1.807) is 0 Å². The molecule has 1 saturated heterocycles. The number of carbonyl (C=O) groups is 2. The summed E-state index contributed by atoms with van der Waals surface area (Å²) in [5, 5.41) is 9.51. The van der Waals surface area contributed by atoms with Crippen molar-refractivity contribution in [3.63, 3.8) is 0 Å². The third-order valence-electron chi connectivity index (χ3n) is 4.44. The lowest BCUT2D eigenvalue weighted by Crippen LogP contribution is -2.50. The van der Waals surface area contributed by atoms with E-state index in [1.165, 1.54) is 6.42 Å². The lowest BCUT2D eigenvalue weighted by atomic mass is 9.78. The Morgan fingerprint density at radius 2 is 2.00 bits per heavy atom. The summed E-state index contributed by atoms with van der Waals surface area (Å²) in [6, 6.07) is 0.0745. The van der Waals surface area contributed by atoms with Crippen molar-refractivity contribution in [2.45, 2.75) is 51.0 Å². The van der Waals surface area contributed by atoms with Gasteiger partial charge in [-0.1, -0.05) is 12.8 Å². The molecule has 17 heavy (non-hydrogen) atoms. The number of carbonyl (C=O) groups excluding carboxylic acids is 1. The van der Waals surface area contributed by atoms with Crippen molar-refractivity contribution in [3.05, 3.63) is 0 Å². The van der Waals surface area contributed by atoms with Crippen molar-refractivity contribution in [2.75, 3.05) is 13.1 Å². The molecule has 0 bridgehead atoms. The molecule has 1 N–H and O–H groups in total. The van der Waals surface area contributed by atoms with E-state index in [1.807, 2.05) is 0 Å². The van der Waals surface area contributed by atoms with Crippen LogP contribution in [-0.2, 0) is 9.59 Å². The molecule has 0 spiro atoms. The topological polar surface area (TPSA) is 57.6 Å². The minimum Gasteiger partial charge on any atom is -0.481 e. The van der Waals surface area contributed by atoms with Crippen LogP contribution >= 0.6 is 0 Å². The minimum atomic E-state index is -0.806. The van der Waals surface area contributed by atoms with E-state index in [0.29, 0.717) is 6.42 Å². The van der Waals surface area contributed by atoms with Crippen LogP contribution in [0.15, 0.2) is 0 Å². The number of piperidine rings is 1. The Bertz CT molecular complexity index is 299. The molecule has 0 aromatic rings. The second-order valence-electron chi connectivity index (χ2n) is 5.34. The molecule has 1 saturated carbocycles. The standard InChI is InChI=1S/C13H21NO3/c15-10-7-13(12(16)17)6-4-5-11(13)14-8-2-1-3-9-14/h10-11H,1-9H2,(H,16,17). The summed E-state index contributed by atoms with van der Waals surface area (Å²) in [5.41, 5.74) is -0.806. The highest BCUT2D eigenvalue weighted by atomic mass is 16.4. The summed E-state index contributed by atoms with van der Waals surface area (Å²) in [6.45, 7) is 2.00. The molecule has 4 heteroatoms. The third kappa shape index (κ3) is 2.23. The molecule has 0 aromatic carbocycles. The highest BCUT2D eigenvalue weighted by molar-refractivity contribution is 5.79. The highest BCUT2D eigenvalue weighted by Gasteiger charge is 2.51. The smallest absolute Gasteiger partial charge is 0.311 e. The van der Waals surface area contributed by atoms with Crippen LogP contribution in [0.5, 0.6) is 0 Å². The number of carboxylic acid groups (broad SMARTS) is 1. The van der Waals surface area contributed by atoms with Crippen LogP contribution in [0.4, 0.5) is 0 Å². The van der Waals surface area contributed by atoms with Gasteiger partial charge in [-0.3, -0.25) is 9.69 Å². The normalized spacial score (nSPS) is 34.7. The van der Waals surface area contributed by atoms with Crippen molar-refractivity contribution in [2.24, 2.45) is 5.41 Å². The van der Waals surface area contributed by atoms with E-state index in [2.05, 4.69) is 4.90 Å². The van der Waals surface area contributed by atoms with Crippen LogP contribution in [-0.4, -0.2) is 41.4 Å². The van der Waals surface area contributed by atoms with Gasteiger partial charge < -0.3 is 9.90 Å². The number of hydrogen-bond donors (Lipinski definition) is 1. The summed E-state index contributed by atoms with van der Waals surface area (Å²) in [4.78, 5) is 24.7. The maximum Gasteiger partial charge on any atom is 0.311 e. The van der Waals surface area contributed by atoms with Gasteiger partial charge in [0.05, 0.1) is 5.41 Å². The molecule has 2 atom stereocenters. The van der Waals surface area contributed by atoms with Crippen LogP contribution in [0, 0.1) is 5.41 Å². The van der Waals surface area contributed by atoms with Gasteiger partial charge in [-0.15, -0.1) is 0 Å². The van der Waals surface area contributed by atoms with Crippen molar-refractivity contribution in [1.29, 1.82) is 0 Å². The Morgan fingerprint density at radius 1 is 1.29 bits per heavy atom. The Kier molecular flexibility index (Phi) is 3.82. The fourth-order valence-electron chi connectivity index (χ4n) is 3.54. The van der Waals surface area contributed by atoms with E-state index in [9.17, 15) is 14.7 Å². The van der Waals surface area contributed by atoms with Gasteiger partial charge in [0.1, 0.15) is 6.29 Å². The van der Waals surface area contributed by atoms with Gasteiger partial charge in [0, 0.05) is 12.5 Å². The van der Waals surface area contributed by atoms with Gasteiger partial charge in [-0.25, -0.2) is 0 Å². The monoisotopic (exact) mass is 239 g/mol. The van der Waals surface area contributed by atoms with E-state index >= 15 is 0 Å². The average molecular weight is 239 g/mol. The number of rotatable bonds is 4. The van der Waals surface area contributed by atoms with Crippen LogP contribution < -0.4 is 0 Å². The number of nitrogens with zero attached hydrogens (tertiary/aromatic N) is 1. The molecular weight excluding hydrogens is 218 g/mol. The van der Waals surface area contributed by atoms with E-state index in [4.69, 9.17) is 0 Å². The zero-order chi connectivity index (χ0) is 12.3. The Morgan fingerprint density at radius 3 is 2.59 bits per heavy atom. The fraction of sp³-hybridized carbons (Fsp3) is 0.846. The first-order valence-electron chi connectivity index (χ1n) is 6.62. The second kappa shape index (κ2) is 5.17. The van der Waals surface area contributed by atoms with Gasteiger partial charge >= 0.3 is 5.97 Å². The first kappa shape index (κ1) is 12.6. The highest BCUT2D eigenvalue weighted by Crippen LogP contribution is 2.44. The van der Waals surface area contributed by atoms with Gasteiger partial charge in [-0.05, 0) is 38.8 Å². The molecule has 1 aliphatic carbocycles. The molecular formula is C13H21NO3. The molecule has 2 fully saturated rings. The number of carboxylic acids is 1. The Balaban J connectivity index is 2.17.